The summed E-state index contributed by atoms with van der Waals surface area (Å²) in [7, 11) is 0. The average molecular weight is 249 g/mol. The van der Waals surface area contributed by atoms with Crippen LogP contribution in [0.3, 0.4) is 0 Å². The van der Waals surface area contributed by atoms with Crippen LogP contribution in [-0.4, -0.2) is 20.0 Å². The molecule has 2 N–H and O–H groups in total. The second-order valence-corrected chi connectivity index (χ2v) is 3.23. The van der Waals surface area contributed by atoms with Crippen molar-refractivity contribution in [3.63, 3.8) is 0 Å². The Morgan fingerprint density at radius 1 is 1.06 bits per heavy atom. The summed E-state index contributed by atoms with van der Waals surface area (Å²) in [5, 5.41) is 11.7. The third-order valence-electron chi connectivity index (χ3n) is 1.36. The number of rotatable bonds is 0. The van der Waals surface area contributed by atoms with Crippen LogP contribution in [0.25, 0.3) is 0 Å². The van der Waals surface area contributed by atoms with Gasteiger partial charge in [0.1, 0.15) is 6.26 Å². The molecule has 0 unspecified atom stereocenters. The Morgan fingerprint density at radius 3 is 2.12 bits per heavy atom. The smallest absolute Gasteiger partial charge is 0.144 e. The Kier molecular flexibility index (Phi) is 6.76. The fourth-order valence-corrected chi connectivity index (χ4v) is 0.997. The van der Waals surface area contributed by atoms with E-state index in [0.717, 1.165) is 5.69 Å². The lowest BCUT2D eigenvalue weighted by Crippen LogP contribution is -1.79. The first kappa shape index (κ1) is 12.8. The molecule has 6 nitrogen and oxygen atoms in total. The van der Waals surface area contributed by atoms with Crippen LogP contribution in [0, 0.1) is 0 Å². The molecule has 0 aliphatic heterocycles. The van der Waals surface area contributed by atoms with E-state index in [2.05, 4.69) is 24.5 Å². The van der Waals surface area contributed by atoms with Crippen molar-refractivity contribution >= 4 is 17.2 Å². The number of nitrogen functional groups attached to an aromatic ring is 1. The molecule has 0 aliphatic carbocycles. The molecule has 2 heterocycles. The summed E-state index contributed by atoms with van der Waals surface area (Å²) >= 11 is 1.35. The quantitative estimate of drug-likeness (QED) is 0.612. The van der Waals surface area contributed by atoms with E-state index in [4.69, 9.17) is 5.73 Å². The number of nitrogens with zero attached hydrogens (tertiary/aromatic N) is 4. The first-order valence-corrected chi connectivity index (χ1v) is 5.46. The number of hydrogen-bond donors (Lipinski definition) is 1. The standard InChI is InChI=1S/C6H7N.C2H2N2O.C2H2N2S/c7-6-4-2-1-3-5-6;2*1-2-5-4-3-1/h1-5H,7H2;2*1-2H. The van der Waals surface area contributed by atoms with E-state index in [0.29, 0.717) is 0 Å². The molecule has 0 aliphatic rings. The first-order valence-electron chi connectivity index (χ1n) is 4.62. The maximum Gasteiger partial charge on any atom is 0.144 e. The second kappa shape index (κ2) is 8.98. The van der Waals surface area contributed by atoms with Crippen molar-refractivity contribution in [1.29, 1.82) is 0 Å². The van der Waals surface area contributed by atoms with E-state index in [1.807, 2.05) is 35.7 Å². The minimum absolute atomic E-state index is 0.822. The van der Waals surface area contributed by atoms with Gasteiger partial charge in [-0.05, 0) is 23.7 Å². The molecule has 0 atom stereocenters. The van der Waals surface area contributed by atoms with Crippen molar-refractivity contribution in [2.24, 2.45) is 0 Å². The summed E-state index contributed by atoms with van der Waals surface area (Å²) in [6.45, 7) is 0. The molecule has 0 saturated heterocycles. The van der Waals surface area contributed by atoms with Gasteiger partial charge in [0.15, 0.2) is 0 Å². The first-order chi connectivity index (χ1) is 8.39. The molecule has 0 spiro atoms. The van der Waals surface area contributed by atoms with Gasteiger partial charge in [0.2, 0.25) is 0 Å². The molecule has 3 aromatic rings. The van der Waals surface area contributed by atoms with Crippen molar-refractivity contribution < 1.29 is 4.52 Å². The predicted octanol–water partition coefficient (Wildman–Crippen LogP) is 1.88. The summed E-state index contributed by atoms with van der Waals surface area (Å²) in [4.78, 5) is 0. The van der Waals surface area contributed by atoms with Crippen LogP contribution in [0.15, 0.2) is 58.9 Å². The van der Waals surface area contributed by atoms with Crippen LogP contribution in [0.5, 0.6) is 0 Å². The molecule has 0 amide bonds. The van der Waals surface area contributed by atoms with Gasteiger partial charge in [-0.25, -0.2) is 0 Å². The highest BCUT2D eigenvalue weighted by Gasteiger charge is 1.72. The second-order valence-electron chi connectivity index (χ2n) is 2.59. The molecule has 0 saturated carbocycles. The van der Waals surface area contributed by atoms with Gasteiger partial charge in [0, 0.05) is 16.3 Å². The average Bonchev–Trinajstić information content (AvgIpc) is 3.09. The largest absolute Gasteiger partial charge is 0.399 e. The van der Waals surface area contributed by atoms with Gasteiger partial charge < -0.3 is 10.3 Å². The molecular formula is C10H11N5OS. The Labute approximate surface area is 102 Å². The molecule has 0 radical (unpaired) electrons. The molecule has 0 bridgehead atoms. The minimum atomic E-state index is 0.822. The van der Waals surface area contributed by atoms with E-state index in [-0.39, 0.29) is 0 Å². The maximum atomic E-state index is 5.36. The van der Waals surface area contributed by atoms with Gasteiger partial charge in [-0.3, -0.25) is 0 Å². The molecule has 7 heteroatoms. The van der Waals surface area contributed by atoms with Crippen molar-refractivity contribution in [2.75, 3.05) is 5.73 Å². The molecule has 0 fully saturated rings. The van der Waals surface area contributed by atoms with Crippen molar-refractivity contribution in [3.8, 4) is 0 Å². The Hall–Kier alpha value is -2.28. The highest BCUT2D eigenvalue weighted by Crippen LogP contribution is 1.95. The van der Waals surface area contributed by atoms with E-state index in [1.54, 1.807) is 6.20 Å². The fourth-order valence-electron chi connectivity index (χ4n) is 0.725. The van der Waals surface area contributed by atoms with E-state index >= 15 is 0 Å². The van der Waals surface area contributed by atoms with Crippen LogP contribution in [0.4, 0.5) is 5.69 Å². The Morgan fingerprint density at radius 2 is 1.88 bits per heavy atom. The molecule has 3 rings (SSSR count). The normalized spacial score (nSPS) is 8.24. The lowest BCUT2D eigenvalue weighted by molar-refractivity contribution is 0.393. The van der Waals surface area contributed by atoms with Gasteiger partial charge in [-0.15, -0.1) is 10.2 Å². The van der Waals surface area contributed by atoms with Crippen LogP contribution in [0.1, 0.15) is 0 Å². The number of para-hydroxylation sites is 1. The van der Waals surface area contributed by atoms with Crippen LogP contribution in [0.2, 0.25) is 0 Å². The number of hydrogen-bond acceptors (Lipinski definition) is 7. The topological polar surface area (TPSA) is 90.7 Å². The number of nitrogens with two attached hydrogens (primary N) is 1. The van der Waals surface area contributed by atoms with Gasteiger partial charge in [-0.1, -0.05) is 22.7 Å². The van der Waals surface area contributed by atoms with Crippen LogP contribution < -0.4 is 5.73 Å². The monoisotopic (exact) mass is 249 g/mol. The molecule has 2 aromatic heterocycles. The van der Waals surface area contributed by atoms with Crippen molar-refractivity contribution in [1.82, 2.24) is 20.0 Å². The zero-order valence-corrected chi connectivity index (χ0v) is 9.70. The van der Waals surface area contributed by atoms with Crippen molar-refractivity contribution in [2.45, 2.75) is 0 Å². The third kappa shape index (κ3) is 7.63. The van der Waals surface area contributed by atoms with Gasteiger partial charge >= 0.3 is 0 Å². The number of anilines is 1. The van der Waals surface area contributed by atoms with E-state index < -0.39 is 0 Å². The number of aromatic nitrogens is 4. The van der Waals surface area contributed by atoms with Crippen LogP contribution in [-0.2, 0) is 0 Å². The lowest BCUT2D eigenvalue weighted by atomic mass is 10.3. The lowest BCUT2D eigenvalue weighted by Gasteiger charge is -1.83. The molecule has 17 heavy (non-hydrogen) atoms. The summed E-state index contributed by atoms with van der Waals surface area (Å²) in [6.07, 6.45) is 4.53. The highest BCUT2D eigenvalue weighted by atomic mass is 32.1. The van der Waals surface area contributed by atoms with Gasteiger partial charge in [-0.2, -0.15) is 0 Å². The summed E-state index contributed by atoms with van der Waals surface area (Å²) < 4.78 is 7.74. The summed E-state index contributed by atoms with van der Waals surface area (Å²) in [6, 6.07) is 9.49. The Balaban J connectivity index is 0.000000130. The van der Waals surface area contributed by atoms with Crippen LogP contribution >= 0.6 is 11.5 Å². The van der Waals surface area contributed by atoms with Gasteiger partial charge in [0.05, 0.1) is 12.4 Å². The highest BCUT2D eigenvalue weighted by molar-refractivity contribution is 7.03. The summed E-state index contributed by atoms with van der Waals surface area (Å²) in [5.41, 5.74) is 6.18. The SMILES string of the molecule is Nc1ccccc1.c1conn1.c1csnn1. The summed E-state index contributed by atoms with van der Waals surface area (Å²) in [5.74, 6) is 0. The minimum Gasteiger partial charge on any atom is -0.399 e. The zero-order chi connectivity index (χ0) is 12.2. The molecular weight excluding hydrogens is 238 g/mol. The number of benzene rings is 1. The predicted molar refractivity (Wildman–Crippen MR) is 65.1 cm³/mol. The fraction of sp³-hybridized carbons (Fsp3) is 0. The van der Waals surface area contributed by atoms with Gasteiger partial charge in [0.25, 0.3) is 0 Å². The van der Waals surface area contributed by atoms with E-state index in [1.165, 1.54) is 24.0 Å². The third-order valence-corrected chi connectivity index (χ3v) is 1.80. The Bertz CT molecular complexity index is 382. The molecule has 88 valence electrons. The van der Waals surface area contributed by atoms with Crippen molar-refractivity contribution in [3.05, 3.63) is 54.4 Å². The van der Waals surface area contributed by atoms with E-state index in [9.17, 15) is 0 Å². The maximum absolute atomic E-state index is 5.36. The zero-order valence-electron chi connectivity index (χ0n) is 8.88. The molecule has 1 aromatic carbocycles.